The Kier molecular flexibility index (Phi) is 8.80. The topological polar surface area (TPSA) is 112 Å². The molecule has 1 aliphatic heterocycles. The zero-order valence-electron chi connectivity index (χ0n) is 21.2. The standard InChI is InChI=1S/C27H36N6O3/c1-34-23-16-21(15-22-18-30-27(29)31-26(22)28)17-24(35-2)25(23)36-14-6-9-32-10-12-33(13-11-32)19-20-7-4-3-5-8-20/h3-5,7-8,16-18H,6,9-15,19H2,1-2H3,(H4,28,29,30,31). The van der Waals surface area contributed by atoms with Crippen LogP contribution < -0.4 is 25.7 Å². The molecule has 1 fully saturated rings. The predicted octanol–water partition coefficient (Wildman–Crippen LogP) is 2.84. The number of benzene rings is 2. The maximum atomic E-state index is 6.13. The van der Waals surface area contributed by atoms with Crippen molar-refractivity contribution >= 4 is 11.8 Å². The first kappa shape index (κ1) is 25.5. The summed E-state index contributed by atoms with van der Waals surface area (Å²) in [6.45, 7) is 6.92. The van der Waals surface area contributed by atoms with Gasteiger partial charge >= 0.3 is 0 Å². The largest absolute Gasteiger partial charge is 0.493 e. The fraction of sp³-hybridized carbons (Fsp3) is 0.407. The second-order valence-corrected chi connectivity index (χ2v) is 8.95. The monoisotopic (exact) mass is 492 g/mol. The molecule has 3 aromatic rings. The van der Waals surface area contributed by atoms with E-state index in [-0.39, 0.29) is 5.95 Å². The first-order valence-electron chi connectivity index (χ1n) is 12.3. The van der Waals surface area contributed by atoms with Crippen molar-refractivity contribution in [3.05, 3.63) is 65.4 Å². The van der Waals surface area contributed by atoms with Crippen molar-refractivity contribution in [2.75, 3.05) is 65.0 Å². The van der Waals surface area contributed by atoms with Gasteiger partial charge in [0.2, 0.25) is 11.7 Å². The summed E-state index contributed by atoms with van der Waals surface area (Å²) in [7, 11) is 3.25. The highest BCUT2D eigenvalue weighted by atomic mass is 16.5. The van der Waals surface area contributed by atoms with E-state index in [0.29, 0.717) is 36.1 Å². The van der Waals surface area contributed by atoms with Gasteiger partial charge in [-0.25, -0.2) is 4.98 Å². The van der Waals surface area contributed by atoms with Crippen LogP contribution in [0.2, 0.25) is 0 Å². The molecule has 0 aliphatic carbocycles. The lowest BCUT2D eigenvalue weighted by atomic mass is 10.1. The maximum absolute atomic E-state index is 6.13. The van der Waals surface area contributed by atoms with Crippen LogP contribution in [0.5, 0.6) is 17.2 Å². The normalized spacial score (nSPS) is 14.5. The van der Waals surface area contributed by atoms with Crippen molar-refractivity contribution in [1.29, 1.82) is 0 Å². The number of hydrogen-bond donors (Lipinski definition) is 2. The van der Waals surface area contributed by atoms with Crippen molar-refractivity contribution < 1.29 is 14.2 Å². The summed E-state index contributed by atoms with van der Waals surface area (Å²) in [4.78, 5) is 13.1. The molecule has 0 atom stereocenters. The average Bonchev–Trinajstić information content (AvgIpc) is 2.90. The van der Waals surface area contributed by atoms with E-state index in [0.717, 1.165) is 56.8 Å². The Balaban J connectivity index is 1.27. The maximum Gasteiger partial charge on any atom is 0.221 e. The molecule has 9 nitrogen and oxygen atoms in total. The highest BCUT2D eigenvalue weighted by Crippen LogP contribution is 2.39. The molecule has 4 N–H and O–H groups in total. The quantitative estimate of drug-likeness (QED) is 0.390. The number of methoxy groups -OCH3 is 2. The Morgan fingerprint density at radius 3 is 2.19 bits per heavy atom. The van der Waals surface area contributed by atoms with E-state index in [1.54, 1.807) is 20.4 Å². The first-order valence-corrected chi connectivity index (χ1v) is 12.3. The van der Waals surface area contributed by atoms with Gasteiger partial charge in [-0.05, 0) is 29.7 Å². The Labute approximate surface area is 213 Å². The Morgan fingerprint density at radius 2 is 1.56 bits per heavy atom. The highest BCUT2D eigenvalue weighted by Gasteiger charge is 2.18. The number of nitrogen functional groups attached to an aromatic ring is 2. The van der Waals surface area contributed by atoms with Crippen LogP contribution in [0.15, 0.2) is 48.7 Å². The minimum Gasteiger partial charge on any atom is -0.493 e. The second kappa shape index (κ2) is 12.4. The van der Waals surface area contributed by atoms with E-state index in [2.05, 4.69) is 50.1 Å². The second-order valence-electron chi connectivity index (χ2n) is 8.95. The zero-order valence-corrected chi connectivity index (χ0v) is 21.2. The van der Waals surface area contributed by atoms with Gasteiger partial charge in [-0.2, -0.15) is 4.98 Å². The highest BCUT2D eigenvalue weighted by molar-refractivity contribution is 5.55. The molecule has 0 radical (unpaired) electrons. The van der Waals surface area contributed by atoms with Crippen LogP contribution in [0.25, 0.3) is 0 Å². The molecule has 1 aliphatic rings. The molecule has 0 amide bonds. The summed E-state index contributed by atoms with van der Waals surface area (Å²) >= 11 is 0. The SMILES string of the molecule is COc1cc(Cc2cnc(N)nc2N)cc(OC)c1OCCCN1CCN(Cc2ccccc2)CC1. The first-order chi connectivity index (χ1) is 17.6. The molecular weight excluding hydrogens is 456 g/mol. The summed E-state index contributed by atoms with van der Waals surface area (Å²) < 4.78 is 17.4. The van der Waals surface area contributed by atoms with Gasteiger partial charge in [0.15, 0.2) is 11.5 Å². The minimum absolute atomic E-state index is 0.157. The average molecular weight is 493 g/mol. The molecule has 0 saturated carbocycles. The minimum atomic E-state index is 0.157. The van der Waals surface area contributed by atoms with Gasteiger partial charge in [0, 0.05) is 57.4 Å². The lowest BCUT2D eigenvalue weighted by molar-refractivity contribution is 0.121. The fourth-order valence-electron chi connectivity index (χ4n) is 4.44. The molecule has 0 bridgehead atoms. The third-order valence-corrected chi connectivity index (χ3v) is 6.41. The van der Waals surface area contributed by atoms with Crippen LogP contribution in [0.4, 0.5) is 11.8 Å². The van der Waals surface area contributed by atoms with E-state index in [9.17, 15) is 0 Å². The van der Waals surface area contributed by atoms with Crippen LogP contribution in [-0.4, -0.2) is 73.3 Å². The Bertz CT molecular complexity index is 1090. The van der Waals surface area contributed by atoms with Crippen molar-refractivity contribution in [3.8, 4) is 17.2 Å². The van der Waals surface area contributed by atoms with Crippen LogP contribution in [0, 0.1) is 0 Å². The summed E-state index contributed by atoms with van der Waals surface area (Å²) in [5.74, 6) is 2.37. The number of piperazine rings is 1. The van der Waals surface area contributed by atoms with Crippen molar-refractivity contribution in [2.24, 2.45) is 0 Å². The molecule has 4 rings (SSSR count). The number of nitrogens with zero attached hydrogens (tertiary/aromatic N) is 4. The Morgan fingerprint density at radius 1 is 0.889 bits per heavy atom. The van der Waals surface area contributed by atoms with E-state index in [1.807, 2.05) is 12.1 Å². The van der Waals surface area contributed by atoms with Gasteiger partial charge in [-0.3, -0.25) is 4.90 Å². The number of ether oxygens (including phenoxy) is 3. The van der Waals surface area contributed by atoms with Gasteiger partial charge in [0.25, 0.3) is 0 Å². The molecule has 36 heavy (non-hydrogen) atoms. The number of anilines is 2. The third-order valence-electron chi connectivity index (χ3n) is 6.41. The summed E-state index contributed by atoms with van der Waals surface area (Å²) in [6, 6.07) is 14.5. The van der Waals surface area contributed by atoms with Crippen LogP contribution in [0.3, 0.4) is 0 Å². The lowest BCUT2D eigenvalue weighted by Gasteiger charge is -2.34. The molecule has 0 spiro atoms. The molecule has 1 saturated heterocycles. The number of hydrogen-bond acceptors (Lipinski definition) is 9. The van der Waals surface area contributed by atoms with E-state index in [4.69, 9.17) is 25.7 Å². The van der Waals surface area contributed by atoms with Crippen LogP contribution in [0.1, 0.15) is 23.1 Å². The summed E-state index contributed by atoms with van der Waals surface area (Å²) in [6.07, 6.45) is 3.09. The number of rotatable bonds is 11. The molecule has 192 valence electrons. The van der Waals surface area contributed by atoms with Crippen molar-refractivity contribution in [2.45, 2.75) is 19.4 Å². The summed E-state index contributed by atoms with van der Waals surface area (Å²) in [5, 5.41) is 0. The summed E-state index contributed by atoms with van der Waals surface area (Å²) in [5.41, 5.74) is 14.7. The fourth-order valence-corrected chi connectivity index (χ4v) is 4.44. The molecule has 2 heterocycles. The smallest absolute Gasteiger partial charge is 0.221 e. The lowest BCUT2D eigenvalue weighted by Crippen LogP contribution is -2.46. The molecule has 2 aromatic carbocycles. The molecule has 9 heteroatoms. The van der Waals surface area contributed by atoms with Gasteiger partial charge in [-0.1, -0.05) is 30.3 Å². The third kappa shape index (κ3) is 6.77. The van der Waals surface area contributed by atoms with Gasteiger partial charge in [0.05, 0.1) is 20.8 Å². The van der Waals surface area contributed by atoms with Crippen LogP contribution >= 0.6 is 0 Å². The zero-order chi connectivity index (χ0) is 25.3. The number of nitrogens with two attached hydrogens (primary N) is 2. The van der Waals surface area contributed by atoms with Crippen molar-refractivity contribution in [3.63, 3.8) is 0 Å². The van der Waals surface area contributed by atoms with E-state index in [1.165, 1.54) is 5.56 Å². The van der Waals surface area contributed by atoms with Gasteiger partial charge in [0.1, 0.15) is 5.82 Å². The molecular formula is C27H36N6O3. The van der Waals surface area contributed by atoms with Gasteiger partial charge < -0.3 is 30.6 Å². The number of aromatic nitrogens is 2. The Hall–Kier alpha value is -3.56. The van der Waals surface area contributed by atoms with Crippen LogP contribution in [-0.2, 0) is 13.0 Å². The predicted molar refractivity (Wildman–Crippen MR) is 141 cm³/mol. The van der Waals surface area contributed by atoms with Crippen molar-refractivity contribution in [1.82, 2.24) is 19.8 Å². The van der Waals surface area contributed by atoms with E-state index >= 15 is 0 Å². The molecule has 0 unspecified atom stereocenters. The molecule has 1 aromatic heterocycles. The van der Waals surface area contributed by atoms with Gasteiger partial charge in [-0.15, -0.1) is 0 Å². The van der Waals surface area contributed by atoms with E-state index < -0.39 is 0 Å².